The summed E-state index contributed by atoms with van der Waals surface area (Å²) in [6, 6.07) is 16.7. The van der Waals surface area contributed by atoms with Gasteiger partial charge in [0.05, 0.1) is 5.69 Å². The minimum atomic E-state index is -0.228. The van der Waals surface area contributed by atoms with Gasteiger partial charge in [-0.3, -0.25) is 4.99 Å². The number of aliphatic imine (C=N–C) groups is 1. The molecule has 25 heavy (non-hydrogen) atoms. The normalized spacial score (nSPS) is 11.2. The van der Waals surface area contributed by atoms with Crippen molar-refractivity contribution in [2.24, 2.45) is 4.99 Å². The molecule has 0 saturated heterocycles. The molecule has 0 atom stereocenters. The minimum absolute atomic E-state index is 0.228. The summed E-state index contributed by atoms with van der Waals surface area (Å²) in [5.41, 5.74) is 6.24. The van der Waals surface area contributed by atoms with Gasteiger partial charge in [-0.2, -0.15) is 0 Å². The summed E-state index contributed by atoms with van der Waals surface area (Å²) in [7, 11) is 4.03. The van der Waals surface area contributed by atoms with Crippen LogP contribution in [0.15, 0.2) is 59.6 Å². The molecule has 0 aliphatic carbocycles. The Hall–Kier alpha value is -2.88. The highest BCUT2D eigenvalue weighted by molar-refractivity contribution is 5.84. The highest BCUT2D eigenvalue weighted by Gasteiger charge is 2.09. The number of hydrogen-bond acceptors (Lipinski definition) is 2. The quantitative estimate of drug-likeness (QED) is 0.611. The van der Waals surface area contributed by atoms with E-state index in [0.29, 0.717) is 0 Å². The van der Waals surface area contributed by atoms with Gasteiger partial charge in [-0.1, -0.05) is 0 Å². The maximum Gasteiger partial charge on any atom is 0.123 e. The molecule has 3 nitrogen and oxygen atoms in total. The fourth-order valence-electron chi connectivity index (χ4n) is 2.89. The molecule has 0 radical (unpaired) electrons. The zero-order chi connectivity index (χ0) is 18.0. The zero-order valence-corrected chi connectivity index (χ0v) is 15.0. The Bertz CT molecular complexity index is 888. The SMILES string of the molecule is Cc1cc(C=Nc2ccc(N(C)C)cc2)c(C)n1-c1ccc(F)cc1. The van der Waals surface area contributed by atoms with Gasteiger partial charge in [0, 0.05) is 48.6 Å². The molecule has 0 N–H and O–H groups in total. The first-order valence-electron chi connectivity index (χ1n) is 8.22. The van der Waals surface area contributed by atoms with Gasteiger partial charge in [0.1, 0.15) is 5.82 Å². The number of rotatable bonds is 4. The largest absolute Gasteiger partial charge is 0.378 e. The van der Waals surface area contributed by atoms with Gasteiger partial charge < -0.3 is 9.47 Å². The Kier molecular flexibility index (Phi) is 4.70. The average molecular weight is 335 g/mol. The topological polar surface area (TPSA) is 20.5 Å². The number of aryl methyl sites for hydroxylation is 1. The second kappa shape index (κ2) is 6.93. The van der Waals surface area contributed by atoms with Gasteiger partial charge in [-0.15, -0.1) is 0 Å². The number of nitrogens with zero attached hydrogens (tertiary/aromatic N) is 3. The van der Waals surface area contributed by atoms with E-state index in [9.17, 15) is 4.39 Å². The van der Waals surface area contributed by atoms with E-state index in [1.807, 2.05) is 46.3 Å². The molecule has 0 amide bonds. The number of anilines is 1. The molecule has 128 valence electrons. The summed E-state index contributed by atoms with van der Waals surface area (Å²) in [5.74, 6) is -0.228. The van der Waals surface area contributed by atoms with Gasteiger partial charge in [0.15, 0.2) is 0 Å². The maximum absolute atomic E-state index is 13.2. The highest BCUT2D eigenvalue weighted by Crippen LogP contribution is 2.22. The van der Waals surface area contributed by atoms with Crippen LogP contribution in [0.2, 0.25) is 0 Å². The van der Waals surface area contributed by atoms with E-state index in [1.54, 1.807) is 12.1 Å². The van der Waals surface area contributed by atoms with Gasteiger partial charge in [0.2, 0.25) is 0 Å². The predicted octanol–water partition coefficient (Wildman–Crippen LogP) is 5.05. The fourth-order valence-corrected chi connectivity index (χ4v) is 2.89. The Labute approximate surface area is 148 Å². The first-order valence-corrected chi connectivity index (χ1v) is 8.22. The molecule has 1 heterocycles. The molecule has 2 aromatic carbocycles. The molecule has 0 aliphatic heterocycles. The van der Waals surface area contributed by atoms with Crippen LogP contribution in [0.25, 0.3) is 5.69 Å². The monoisotopic (exact) mass is 335 g/mol. The molecule has 1 aromatic heterocycles. The third kappa shape index (κ3) is 3.63. The van der Waals surface area contributed by atoms with E-state index in [0.717, 1.165) is 34.0 Å². The van der Waals surface area contributed by atoms with Crippen molar-refractivity contribution < 1.29 is 4.39 Å². The Morgan fingerprint density at radius 1 is 0.960 bits per heavy atom. The molecule has 0 saturated carbocycles. The van der Waals surface area contributed by atoms with Gasteiger partial charge in [-0.25, -0.2) is 4.39 Å². The summed E-state index contributed by atoms with van der Waals surface area (Å²) in [5, 5.41) is 0. The van der Waals surface area contributed by atoms with Crippen LogP contribution in [0.4, 0.5) is 15.8 Å². The van der Waals surface area contributed by atoms with E-state index < -0.39 is 0 Å². The lowest BCUT2D eigenvalue weighted by Crippen LogP contribution is -2.07. The fraction of sp³-hybridized carbons (Fsp3) is 0.190. The van der Waals surface area contributed by atoms with Gasteiger partial charge >= 0.3 is 0 Å². The summed E-state index contributed by atoms with van der Waals surface area (Å²) >= 11 is 0. The number of aromatic nitrogens is 1. The molecule has 0 fully saturated rings. The summed E-state index contributed by atoms with van der Waals surface area (Å²) in [4.78, 5) is 6.64. The third-order valence-corrected chi connectivity index (χ3v) is 4.27. The maximum atomic E-state index is 13.2. The first-order chi connectivity index (χ1) is 12.0. The van der Waals surface area contributed by atoms with Crippen LogP contribution >= 0.6 is 0 Å². The highest BCUT2D eigenvalue weighted by atomic mass is 19.1. The molecule has 3 aromatic rings. The Morgan fingerprint density at radius 2 is 1.60 bits per heavy atom. The van der Waals surface area contributed by atoms with Crippen LogP contribution in [-0.4, -0.2) is 24.9 Å². The Balaban J connectivity index is 1.88. The van der Waals surface area contributed by atoms with Gasteiger partial charge in [0.25, 0.3) is 0 Å². The van der Waals surface area contributed by atoms with Crippen LogP contribution in [0.1, 0.15) is 17.0 Å². The van der Waals surface area contributed by atoms with E-state index in [4.69, 9.17) is 0 Å². The second-order valence-electron chi connectivity index (χ2n) is 6.31. The second-order valence-corrected chi connectivity index (χ2v) is 6.31. The summed E-state index contributed by atoms with van der Waals surface area (Å²) in [6.45, 7) is 4.09. The third-order valence-electron chi connectivity index (χ3n) is 4.27. The molecule has 4 heteroatoms. The first kappa shape index (κ1) is 17.0. The van der Waals surface area contributed by atoms with E-state index in [-0.39, 0.29) is 5.82 Å². The molecular weight excluding hydrogens is 313 g/mol. The lowest BCUT2D eigenvalue weighted by Gasteiger charge is -2.11. The van der Waals surface area contributed by atoms with E-state index >= 15 is 0 Å². The lowest BCUT2D eigenvalue weighted by atomic mass is 10.2. The van der Waals surface area contributed by atoms with Crippen molar-refractivity contribution in [2.75, 3.05) is 19.0 Å². The van der Waals surface area contributed by atoms with Crippen molar-refractivity contribution in [3.63, 3.8) is 0 Å². The van der Waals surface area contributed by atoms with E-state index in [2.05, 4.69) is 32.7 Å². The molecule has 0 spiro atoms. The van der Waals surface area contributed by atoms with Crippen molar-refractivity contribution in [1.82, 2.24) is 4.57 Å². The number of hydrogen-bond donors (Lipinski definition) is 0. The van der Waals surface area contributed by atoms with Crippen molar-refractivity contribution in [3.8, 4) is 5.69 Å². The summed E-state index contributed by atoms with van der Waals surface area (Å²) in [6.07, 6.45) is 1.88. The molecule has 0 bridgehead atoms. The van der Waals surface area contributed by atoms with Crippen LogP contribution in [0.3, 0.4) is 0 Å². The smallest absolute Gasteiger partial charge is 0.123 e. The molecular formula is C21H22FN3. The summed E-state index contributed by atoms with van der Waals surface area (Å²) < 4.78 is 15.3. The van der Waals surface area contributed by atoms with Crippen LogP contribution in [0, 0.1) is 19.7 Å². The van der Waals surface area contributed by atoms with Crippen molar-refractivity contribution in [3.05, 3.63) is 77.4 Å². The van der Waals surface area contributed by atoms with Crippen molar-refractivity contribution in [2.45, 2.75) is 13.8 Å². The Morgan fingerprint density at radius 3 is 2.20 bits per heavy atom. The minimum Gasteiger partial charge on any atom is -0.378 e. The molecule has 0 aliphatic rings. The number of halogens is 1. The van der Waals surface area contributed by atoms with Crippen molar-refractivity contribution in [1.29, 1.82) is 0 Å². The number of benzene rings is 2. The van der Waals surface area contributed by atoms with E-state index in [1.165, 1.54) is 12.1 Å². The average Bonchev–Trinajstić information content (AvgIpc) is 2.88. The van der Waals surface area contributed by atoms with Crippen LogP contribution < -0.4 is 4.90 Å². The lowest BCUT2D eigenvalue weighted by molar-refractivity contribution is 0.627. The zero-order valence-electron chi connectivity index (χ0n) is 15.0. The molecule has 0 unspecified atom stereocenters. The van der Waals surface area contributed by atoms with Crippen LogP contribution in [0.5, 0.6) is 0 Å². The predicted molar refractivity (Wildman–Crippen MR) is 103 cm³/mol. The van der Waals surface area contributed by atoms with Crippen LogP contribution in [-0.2, 0) is 0 Å². The van der Waals surface area contributed by atoms with Gasteiger partial charge in [-0.05, 0) is 68.4 Å². The molecule has 3 rings (SSSR count). The standard InChI is InChI=1S/C21H22FN3/c1-15-13-17(14-23-19-7-11-20(12-8-19)24(3)4)16(2)25(15)21-9-5-18(22)6-10-21/h5-14H,1-4H3. The van der Waals surface area contributed by atoms with Crippen molar-refractivity contribution >= 4 is 17.6 Å².